The van der Waals surface area contributed by atoms with Crippen LogP contribution in [0.3, 0.4) is 0 Å². The Morgan fingerprint density at radius 3 is 2.43 bits per heavy atom. The number of hydrogen-bond donors (Lipinski definition) is 1. The van der Waals surface area contributed by atoms with Crippen molar-refractivity contribution in [3.8, 4) is 0 Å². The zero-order valence-corrected chi connectivity index (χ0v) is 3.29. The second-order valence-corrected chi connectivity index (χ2v) is 0.723. The Kier molecular flexibility index (Phi) is 1.58. The van der Waals surface area contributed by atoms with Gasteiger partial charge in [-0.15, -0.1) is 0 Å². The second kappa shape index (κ2) is 1.96. The fourth-order valence-electron chi connectivity index (χ4n) is 0.0880. The number of nitrogens with zero attached hydrogens (tertiary/aromatic N) is 2. The predicted octanol–water partition coefficient (Wildman–Crippen LogP) is -1.22. The van der Waals surface area contributed by atoms with Crippen molar-refractivity contribution in [1.82, 2.24) is 5.73 Å². The average Bonchev–Trinajstić information content (AvgIpc) is 1.27. The quantitative estimate of drug-likeness (QED) is 0.194. The van der Waals surface area contributed by atoms with Gasteiger partial charge in [-0.25, -0.2) is 10.1 Å². The molecule has 0 aliphatic heterocycles. The van der Waals surface area contributed by atoms with Gasteiger partial charge in [0.15, 0.2) is 5.03 Å². The highest BCUT2D eigenvalue weighted by atomic mass is 16.7. The monoisotopic (exact) mass is 103 g/mol. The molecule has 0 spiro atoms. The van der Waals surface area contributed by atoms with Crippen LogP contribution in [0.2, 0.25) is 0 Å². The van der Waals surface area contributed by atoms with E-state index in [2.05, 4.69) is 10.8 Å². The topological polar surface area (TPSA) is 105 Å². The molecule has 0 heterocycles. The van der Waals surface area contributed by atoms with Crippen molar-refractivity contribution in [1.29, 1.82) is 0 Å². The van der Waals surface area contributed by atoms with Crippen molar-refractivity contribution < 1.29 is 5.03 Å². The number of hydrazone groups is 1. The Hall–Kier alpha value is -1.33. The number of hydrogen-bond acceptors (Lipinski definition) is 2. The summed E-state index contributed by atoms with van der Waals surface area (Å²) < 4.78 is 0. The third kappa shape index (κ3) is 4.67. The Morgan fingerprint density at radius 2 is 2.43 bits per heavy atom. The molecule has 6 heteroatoms. The van der Waals surface area contributed by atoms with Crippen molar-refractivity contribution in [3.05, 3.63) is 10.1 Å². The molecule has 0 aromatic heterocycles. The van der Waals surface area contributed by atoms with Gasteiger partial charge >= 0.3 is 0 Å². The van der Waals surface area contributed by atoms with Crippen molar-refractivity contribution in [2.75, 3.05) is 0 Å². The van der Waals surface area contributed by atoms with Crippen LogP contribution >= 0.6 is 0 Å². The molecule has 0 saturated carbocycles. The molecule has 0 aromatic rings. The first kappa shape index (κ1) is 5.67. The largest absolute Gasteiger partial charge is 0.363 e. The van der Waals surface area contributed by atoms with Gasteiger partial charge in [0.1, 0.15) is 5.10 Å². The highest BCUT2D eigenvalue weighted by molar-refractivity contribution is 5.73. The molecule has 7 heavy (non-hydrogen) atoms. The Morgan fingerprint density at radius 1 is 2.00 bits per heavy atom. The van der Waals surface area contributed by atoms with Gasteiger partial charge in [0, 0.05) is 0 Å². The summed E-state index contributed by atoms with van der Waals surface area (Å²) in [6.07, 6.45) is 0. The third-order valence-electron chi connectivity index (χ3n) is 0.189. The smallest absolute Gasteiger partial charge is 0.284 e. The van der Waals surface area contributed by atoms with E-state index in [4.69, 9.17) is 5.73 Å². The van der Waals surface area contributed by atoms with E-state index in [0.29, 0.717) is 0 Å². The van der Waals surface area contributed by atoms with Crippen LogP contribution in [-0.4, -0.2) is 11.0 Å². The molecular formula is CH3N4O2. The normalized spacial score (nSPS) is 11.1. The van der Waals surface area contributed by atoms with E-state index in [-0.39, 0.29) is 0 Å². The van der Waals surface area contributed by atoms with Gasteiger partial charge in [0.05, 0.1) is 0 Å². The molecule has 0 unspecified atom stereocenters. The van der Waals surface area contributed by atoms with Gasteiger partial charge in [-0.2, -0.15) is 0 Å². The minimum absolute atomic E-state index is 0.787. The zero-order chi connectivity index (χ0) is 5.86. The number of guanidine groups is 1. The van der Waals surface area contributed by atoms with Gasteiger partial charge in [-0.1, -0.05) is 0 Å². The summed E-state index contributed by atoms with van der Waals surface area (Å²) in [6, 6.07) is 0. The lowest BCUT2D eigenvalue weighted by atomic mass is 11.1. The molecule has 0 rings (SSSR count). The predicted molar refractivity (Wildman–Crippen MR) is 21.7 cm³/mol. The maximum atomic E-state index is 9.23. The summed E-state index contributed by atoms with van der Waals surface area (Å²) in [5.74, 6) is -0.787. The lowest BCUT2D eigenvalue weighted by Crippen LogP contribution is -2.13. The van der Waals surface area contributed by atoms with E-state index in [1.807, 2.05) is 0 Å². The molecule has 6 nitrogen and oxygen atoms in total. The standard InChI is InChI=1S/CH3N4O2/c2-1(3)4-5(6)7/h2H,(H2,3,4). The van der Waals surface area contributed by atoms with Crippen molar-refractivity contribution in [2.45, 2.75) is 0 Å². The van der Waals surface area contributed by atoms with Crippen LogP contribution < -0.4 is 11.5 Å². The van der Waals surface area contributed by atoms with Crippen LogP contribution in [0.15, 0.2) is 5.10 Å². The van der Waals surface area contributed by atoms with E-state index >= 15 is 0 Å². The zero-order valence-electron chi connectivity index (χ0n) is 3.29. The molecular weight excluding hydrogens is 100 g/mol. The van der Waals surface area contributed by atoms with E-state index in [0.717, 1.165) is 0 Å². The van der Waals surface area contributed by atoms with Crippen molar-refractivity contribution in [3.63, 3.8) is 0 Å². The molecule has 0 aliphatic rings. The number of nitrogens with one attached hydrogen (secondary N) is 1. The fourth-order valence-corrected chi connectivity index (χ4v) is 0.0880. The third-order valence-corrected chi connectivity index (χ3v) is 0.189. The van der Waals surface area contributed by atoms with E-state index in [1.54, 1.807) is 0 Å². The molecule has 0 saturated heterocycles. The first-order chi connectivity index (χ1) is 3.13. The summed E-state index contributed by atoms with van der Waals surface area (Å²) in [6.45, 7) is 0. The molecule has 39 valence electrons. The van der Waals surface area contributed by atoms with E-state index < -0.39 is 11.0 Å². The molecule has 0 fully saturated rings. The van der Waals surface area contributed by atoms with Crippen LogP contribution in [0, 0.1) is 10.1 Å². The van der Waals surface area contributed by atoms with Gasteiger partial charge in [0.25, 0.3) is 5.96 Å². The summed E-state index contributed by atoms with van der Waals surface area (Å²) in [4.78, 5) is 9.23. The first-order valence-corrected chi connectivity index (χ1v) is 1.33. The number of nitro groups is 1. The van der Waals surface area contributed by atoms with Gasteiger partial charge in [-0.05, 0) is 0 Å². The fraction of sp³-hybridized carbons (Fsp3) is 0. The van der Waals surface area contributed by atoms with Crippen LogP contribution in [0.1, 0.15) is 0 Å². The van der Waals surface area contributed by atoms with Crippen LogP contribution in [0.4, 0.5) is 0 Å². The lowest BCUT2D eigenvalue weighted by Gasteiger charge is -1.74. The second-order valence-electron chi connectivity index (χ2n) is 0.723. The van der Waals surface area contributed by atoms with Gasteiger partial charge < -0.3 is 5.73 Å². The van der Waals surface area contributed by atoms with Crippen LogP contribution in [0.5, 0.6) is 0 Å². The molecule has 0 atom stereocenters. The van der Waals surface area contributed by atoms with Crippen molar-refractivity contribution >= 4 is 5.96 Å². The minimum Gasteiger partial charge on any atom is -0.363 e. The van der Waals surface area contributed by atoms with Crippen LogP contribution in [-0.2, 0) is 0 Å². The van der Waals surface area contributed by atoms with Crippen LogP contribution in [0.25, 0.3) is 0 Å². The van der Waals surface area contributed by atoms with Crippen molar-refractivity contribution in [2.24, 2.45) is 10.8 Å². The highest BCUT2D eigenvalue weighted by Crippen LogP contribution is 1.63. The summed E-state index contributed by atoms with van der Waals surface area (Å²) >= 11 is 0. The first-order valence-electron chi connectivity index (χ1n) is 1.33. The molecule has 0 aromatic carbocycles. The Bertz CT molecular complexity index is 102. The molecule has 0 amide bonds. The Labute approximate surface area is 38.9 Å². The van der Waals surface area contributed by atoms with E-state index in [9.17, 15) is 10.1 Å². The number of nitrogens with two attached hydrogens (primary N) is 1. The van der Waals surface area contributed by atoms with E-state index in [1.165, 1.54) is 0 Å². The maximum absolute atomic E-state index is 9.23. The summed E-state index contributed by atoms with van der Waals surface area (Å²) in [5.41, 5.74) is 10.7. The summed E-state index contributed by atoms with van der Waals surface area (Å²) in [5, 5.41) is 10.6. The SMILES string of the molecule is [NH]/C(N)=N\[N+](=O)[O-]. The average molecular weight is 103 g/mol. The molecule has 0 bridgehead atoms. The van der Waals surface area contributed by atoms with Gasteiger partial charge in [0.2, 0.25) is 0 Å². The Balaban J connectivity index is 3.68. The highest BCUT2D eigenvalue weighted by Gasteiger charge is 1.88. The molecule has 0 aliphatic carbocycles. The molecule has 3 N–H and O–H groups in total. The maximum Gasteiger partial charge on any atom is 0.284 e. The molecule has 1 radical (unpaired) electrons. The summed E-state index contributed by atoms with van der Waals surface area (Å²) in [7, 11) is 0. The van der Waals surface area contributed by atoms with Gasteiger partial charge in [-0.3, -0.25) is 5.73 Å². The number of rotatable bonds is 1. The lowest BCUT2D eigenvalue weighted by molar-refractivity contribution is -0.485. The minimum atomic E-state index is -1.03.